The molecule has 503 valence electrons. The molecule has 0 aliphatic rings. The largest absolute Gasteiger partial charge is 0.309 e. The molecule has 0 fully saturated rings. The maximum absolute atomic E-state index is 5.27. The van der Waals surface area contributed by atoms with Crippen molar-refractivity contribution in [1.29, 1.82) is 0 Å². The van der Waals surface area contributed by atoms with E-state index in [0.29, 0.717) is 0 Å². The molecule has 0 N–H and O–H groups in total. The second-order valence-electron chi connectivity index (χ2n) is 25.8. The van der Waals surface area contributed by atoms with E-state index in [9.17, 15) is 0 Å². The first-order valence-corrected chi connectivity index (χ1v) is 34.8. The van der Waals surface area contributed by atoms with Crippen molar-refractivity contribution in [2.45, 2.75) is 20.8 Å². The first-order chi connectivity index (χ1) is 51.4. The van der Waals surface area contributed by atoms with Crippen molar-refractivity contribution < 1.29 is 20.1 Å². The summed E-state index contributed by atoms with van der Waals surface area (Å²) < 4.78 is 11.2. The predicted molar refractivity (Wildman–Crippen MR) is 423 cm³/mol. The number of benzene rings is 11. The Hall–Kier alpha value is -13.3. The van der Waals surface area contributed by atoms with Crippen molar-refractivity contribution >= 4 is 77.1 Å². The molecule has 1 radical (unpaired) electrons. The minimum Gasteiger partial charge on any atom is -0.309 e. The number of hydrogen-bond acceptors (Lipinski definition) is 7. The third kappa shape index (κ3) is 11.9. The summed E-state index contributed by atoms with van der Waals surface area (Å²) in [6.07, 6.45) is 7.24. The van der Waals surface area contributed by atoms with E-state index in [1.54, 1.807) is 6.20 Å². The number of nitrogens with zero attached hydrogens (tertiary/aromatic N) is 12. The molecule has 0 spiro atoms. The van der Waals surface area contributed by atoms with E-state index in [4.69, 9.17) is 29.9 Å². The summed E-state index contributed by atoms with van der Waals surface area (Å²) in [4.78, 5) is 34.5. The van der Waals surface area contributed by atoms with Crippen LogP contribution in [0.5, 0.6) is 0 Å². The molecular formula is C92H65IrN12-. The first kappa shape index (κ1) is 65.0. The summed E-state index contributed by atoms with van der Waals surface area (Å²) in [6, 6.07) is 113. The van der Waals surface area contributed by atoms with Gasteiger partial charge in [-0.15, -0.1) is 35.9 Å². The summed E-state index contributed by atoms with van der Waals surface area (Å²) in [5.74, 6) is 2.28. The molecule has 0 bridgehead atoms. The van der Waals surface area contributed by atoms with E-state index in [1.807, 2.05) is 97.5 Å². The SMILES string of the molecule is Cc1ccccc1-n1c(-c2cc(-c3nc4cccnc4n3-c3ccccc3C)cc(-c3nc4cccnc4n3-c3ccccc3C)c2)nc2cccnc21.[Ir].[c-]1ccccc1-c1ccccn1.c1ccc2c(c1)c1ccccc1n2-c1ccc(-c2ccc(-n3c4ccccc4c4ccccc43)cc2)cc1. The number of aryl methyl sites for hydroxylation is 3. The molecule has 105 heavy (non-hydrogen) atoms. The molecule has 12 nitrogen and oxygen atoms in total. The quantitative estimate of drug-likeness (QED) is 0.125. The molecule has 0 atom stereocenters. The molecule has 20 aromatic rings. The molecule has 13 heteroatoms. The zero-order valence-electron chi connectivity index (χ0n) is 57.5. The van der Waals surface area contributed by atoms with Crippen LogP contribution in [0, 0.1) is 26.8 Å². The van der Waals surface area contributed by atoms with E-state index in [0.717, 1.165) is 113 Å². The van der Waals surface area contributed by atoms with Crippen LogP contribution in [0.3, 0.4) is 0 Å². The van der Waals surface area contributed by atoms with Gasteiger partial charge < -0.3 is 14.1 Å². The minimum absolute atomic E-state index is 0. The Balaban J connectivity index is 0.000000138. The number of fused-ring (bicyclic) bond motifs is 9. The van der Waals surface area contributed by atoms with Gasteiger partial charge in [0.05, 0.1) is 39.1 Å². The van der Waals surface area contributed by atoms with Gasteiger partial charge in [0.15, 0.2) is 16.9 Å². The van der Waals surface area contributed by atoms with Gasteiger partial charge in [-0.3, -0.25) is 13.7 Å². The second kappa shape index (κ2) is 27.9. The van der Waals surface area contributed by atoms with Crippen LogP contribution in [0.2, 0.25) is 0 Å². The zero-order valence-corrected chi connectivity index (χ0v) is 59.9. The van der Waals surface area contributed by atoms with Crippen LogP contribution in [-0.4, -0.2) is 57.7 Å². The van der Waals surface area contributed by atoms with Crippen molar-refractivity contribution in [1.82, 2.24) is 57.7 Å². The standard InChI is InChI=1S/C45H33N9.C36H24N2.C11H8N.Ir/c1-28-13-4-7-19-37(28)52-40(49-34-16-10-22-46-43(34)52)31-25-32(41-50-35-17-11-23-47-44(35)53(41)38-20-8-5-14-29(38)2)27-33(26-31)42-51-36-18-12-24-48-45(36)54(42)39-21-9-6-15-30(39)3;1-5-13-33-29(9-1)30-10-2-6-14-34(30)37(33)27-21-17-25(18-22-27)26-19-23-28(24-20-26)38-35-15-7-3-11-31(35)32-12-4-8-16-36(32)38;1-2-6-10(7-3-1)11-8-4-5-9-12-11;/h4-27H,1-3H3;1-24H;1-6,8-9H;/q;;-1;. The Morgan fingerprint density at radius 2 is 0.590 bits per heavy atom. The van der Waals surface area contributed by atoms with E-state index in [2.05, 4.69) is 291 Å². The molecule has 9 heterocycles. The van der Waals surface area contributed by atoms with Crippen LogP contribution in [0.25, 0.3) is 162 Å². The summed E-state index contributed by atoms with van der Waals surface area (Å²) in [6.45, 7) is 6.35. The van der Waals surface area contributed by atoms with E-state index in [-0.39, 0.29) is 20.1 Å². The second-order valence-corrected chi connectivity index (χ2v) is 25.8. The Bertz CT molecular complexity index is 5950. The molecule has 9 aromatic heterocycles. The average molecular weight is 1530 g/mol. The van der Waals surface area contributed by atoms with Gasteiger partial charge in [0, 0.05) is 94.5 Å². The number of imidazole rings is 3. The molecule has 20 rings (SSSR count). The van der Waals surface area contributed by atoms with Crippen molar-refractivity contribution in [3.8, 4) is 85.0 Å². The molecule has 0 saturated carbocycles. The molecule has 0 aliphatic carbocycles. The van der Waals surface area contributed by atoms with Gasteiger partial charge in [0.2, 0.25) is 0 Å². The number of para-hydroxylation sites is 7. The number of aromatic nitrogens is 12. The molecule has 0 unspecified atom stereocenters. The number of hydrogen-bond donors (Lipinski definition) is 0. The smallest absolute Gasteiger partial charge is 0.164 e. The van der Waals surface area contributed by atoms with Gasteiger partial charge in [-0.2, -0.15) is 0 Å². The fourth-order valence-corrected chi connectivity index (χ4v) is 14.5. The van der Waals surface area contributed by atoms with Crippen molar-refractivity contribution in [2.75, 3.05) is 0 Å². The maximum atomic E-state index is 5.27. The molecule has 11 aromatic carbocycles. The van der Waals surface area contributed by atoms with Gasteiger partial charge in [-0.1, -0.05) is 164 Å². The number of rotatable bonds is 10. The fourth-order valence-electron chi connectivity index (χ4n) is 14.5. The molecular weight excluding hydrogens is 1470 g/mol. The first-order valence-electron chi connectivity index (χ1n) is 34.8. The Morgan fingerprint density at radius 3 is 0.924 bits per heavy atom. The van der Waals surface area contributed by atoms with Crippen LogP contribution in [-0.2, 0) is 20.1 Å². The molecule has 0 saturated heterocycles. The van der Waals surface area contributed by atoms with Gasteiger partial charge in [0.1, 0.15) is 34.0 Å². The third-order valence-corrected chi connectivity index (χ3v) is 19.4. The van der Waals surface area contributed by atoms with Crippen molar-refractivity contribution in [3.63, 3.8) is 0 Å². The monoisotopic (exact) mass is 1530 g/mol. The Morgan fingerprint density at radius 1 is 0.267 bits per heavy atom. The Labute approximate surface area is 619 Å². The average Bonchev–Trinajstić information content (AvgIpc) is 1.62. The van der Waals surface area contributed by atoms with Crippen molar-refractivity contribution in [2.24, 2.45) is 0 Å². The summed E-state index contributed by atoms with van der Waals surface area (Å²) in [5.41, 5.74) is 25.5. The number of pyridine rings is 4. The van der Waals surface area contributed by atoms with Gasteiger partial charge in [-0.05, 0) is 182 Å². The maximum Gasteiger partial charge on any atom is 0.164 e. The molecule has 0 amide bonds. The van der Waals surface area contributed by atoms with Crippen LogP contribution in [0.15, 0.2) is 340 Å². The Kier molecular flexibility index (Phi) is 17.3. The summed E-state index contributed by atoms with van der Waals surface area (Å²) >= 11 is 0. The van der Waals surface area contributed by atoms with Gasteiger partial charge >= 0.3 is 0 Å². The topological polar surface area (TPSA) is 115 Å². The minimum atomic E-state index is 0. The van der Waals surface area contributed by atoms with Crippen LogP contribution in [0.4, 0.5) is 0 Å². The van der Waals surface area contributed by atoms with E-state index < -0.39 is 0 Å². The van der Waals surface area contributed by atoms with Gasteiger partial charge in [-0.25, -0.2) is 29.9 Å². The van der Waals surface area contributed by atoms with Crippen LogP contribution < -0.4 is 0 Å². The predicted octanol–water partition coefficient (Wildman–Crippen LogP) is 21.9. The van der Waals surface area contributed by atoms with E-state index >= 15 is 0 Å². The van der Waals surface area contributed by atoms with Gasteiger partial charge in [0.25, 0.3) is 0 Å². The third-order valence-electron chi connectivity index (χ3n) is 19.4. The zero-order chi connectivity index (χ0) is 69.6. The summed E-state index contributed by atoms with van der Waals surface area (Å²) in [5, 5.41) is 5.14. The summed E-state index contributed by atoms with van der Waals surface area (Å²) in [7, 11) is 0. The van der Waals surface area contributed by atoms with Crippen LogP contribution >= 0.6 is 0 Å². The fraction of sp³-hybridized carbons (Fsp3) is 0.0326. The molecule has 0 aliphatic heterocycles. The van der Waals surface area contributed by atoms with E-state index in [1.165, 1.54) is 66.1 Å². The van der Waals surface area contributed by atoms with Crippen LogP contribution in [0.1, 0.15) is 16.7 Å². The normalized spacial score (nSPS) is 11.3. The van der Waals surface area contributed by atoms with Crippen molar-refractivity contribution in [3.05, 3.63) is 363 Å².